The van der Waals surface area contributed by atoms with Crippen molar-refractivity contribution in [2.75, 3.05) is 4.90 Å². The van der Waals surface area contributed by atoms with E-state index >= 15 is 0 Å². The lowest BCUT2D eigenvalue weighted by Gasteiger charge is -2.26. The standard InChI is InChI=1S/C44H29NO/c1-3-10-33-26-36(17-16-30(33)8-1)32-18-22-38(23-19-32)45(40-24-20-31-9-2-4-11-34(31)27-40)39-13-7-12-35(28-39)37-21-25-44-42(29-37)41-14-5-6-15-43(41)46-44/h1-29H. The fraction of sp³-hybridized carbons (Fsp3) is 0. The van der Waals surface area contributed by atoms with Crippen molar-refractivity contribution >= 4 is 60.5 Å². The first-order valence-corrected chi connectivity index (χ1v) is 15.7. The molecule has 0 spiro atoms. The van der Waals surface area contributed by atoms with E-state index in [0.29, 0.717) is 0 Å². The summed E-state index contributed by atoms with van der Waals surface area (Å²) in [5.74, 6) is 0. The second-order valence-corrected chi connectivity index (χ2v) is 11.8. The minimum atomic E-state index is 0.908. The first-order valence-electron chi connectivity index (χ1n) is 15.7. The third kappa shape index (κ3) is 4.60. The highest BCUT2D eigenvalue weighted by atomic mass is 16.3. The highest BCUT2D eigenvalue weighted by Crippen LogP contribution is 2.40. The van der Waals surface area contributed by atoms with Crippen molar-refractivity contribution < 1.29 is 4.42 Å². The van der Waals surface area contributed by atoms with Gasteiger partial charge in [0.15, 0.2) is 0 Å². The molecule has 0 aliphatic rings. The summed E-state index contributed by atoms with van der Waals surface area (Å²) in [5, 5.41) is 7.22. The van der Waals surface area contributed by atoms with Crippen LogP contribution in [0.1, 0.15) is 0 Å². The predicted molar refractivity (Wildman–Crippen MR) is 194 cm³/mol. The molecule has 46 heavy (non-hydrogen) atoms. The molecule has 1 aromatic heterocycles. The van der Waals surface area contributed by atoms with Crippen LogP contribution in [0.2, 0.25) is 0 Å². The van der Waals surface area contributed by atoms with Crippen LogP contribution in [0, 0.1) is 0 Å². The van der Waals surface area contributed by atoms with E-state index in [2.05, 4.69) is 169 Å². The maximum atomic E-state index is 6.11. The van der Waals surface area contributed by atoms with Gasteiger partial charge in [-0.25, -0.2) is 0 Å². The monoisotopic (exact) mass is 587 g/mol. The second kappa shape index (κ2) is 10.8. The van der Waals surface area contributed by atoms with Gasteiger partial charge in [0.25, 0.3) is 0 Å². The van der Waals surface area contributed by atoms with Gasteiger partial charge in [0.05, 0.1) is 0 Å². The molecule has 0 saturated carbocycles. The van der Waals surface area contributed by atoms with Crippen LogP contribution < -0.4 is 4.90 Å². The molecule has 0 saturated heterocycles. The van der Waals surface area contributed by atoms with Crippen LogP contribution in [0.15, 0.2) is 180 Å². The smallest absolute Gasteiger partial charge is 0.135 e. The molecular formula is C44H29NO. The molecule has 0 aliphatic carbocycles. The molecule has 0 fully saturated rings. The lowest BCUT2D eigenvalue weighted by Crippen LogP contribution is -2.10. The summed E-state index contributed by atoms with van der Waals surface area (Å²) in [5.41, 5.74) is 9.87. The molecule has 0 unspecified atom stereocenters. The molecule has 0 N–H and O–H groups in total. The van der Waals surface area contributed by atoms with Crippen LogP contribution >= 0.6 is 0 Å². The average molecular weight is 588 g/mol. The van der Waals surface area contributed by atoms with Gasteiger partial charge in [-0.1, -0.05) is 115 Å². The lowest BCUT2D eigenvalue weighted by atomic mass is 10.00. The third-order valence-corrected chi connectivity index (χ3v) is 9.01. The summed E-state index contributed by atoms with van der Waals surface area (Å²) < 4.78 is 6.11. The van der Waals surface area contributed by atoms with E-state index in [1.165, 1.54) is 32.7 Å². The second-order valence-electron chi connectivity index (χ2n) is 11.8. The molecule has 1 heterocycles. The Bertz CT molecular complexity index is 2540. The molecule has 216 valence electrons. The Labute approximate surface area is 267 Å². The summed E-state index contributed by atoms with van der Waals surface area (Å²) >= 11 is 0. The Morgan fingerprint density at radius 1 is 0.304 bits per heavy atom. The fourth-order valence-electron chi connectivity index (χ4n) is 6.67. The number of nitrogens with zero attached hydrogens (tertiary/aromatic N) is 1. The van der Waals surface area contributed by atoms with Gasteiger partial charge >= 0.3 is 0 Å². The highest BCUT2D eigenvalue weighted by molar-refractivity contribution is 6.06. The van der Waals surface area contributed by atoms with Crippen molar-refractivity contribution in [1.82, 2.24) is 0 Å². The number of para-hydroxylation sites is 1. The highest BCUT2D eigenvalue weighted by Gasteiger charge is 2.15. The number of rotatable bonds is 5. The van der Waals surface area contributed by atoms with Crippen molar-refractivity contribution in [3.63, 3.8) is 0 Å². The molecule has 0 radical (unpaired) electrons. The summed E-state index contributed by atoms with van der Waals surface area (Å²) in [4.78, 5) is 2.35. The van der Waals surface area contributed by atoms with E-state index in [0.717, 1.165) is 50.1 Å². The average Bonchev–Trinajstić information content (AvgIpc) is 3.50. The van der Waals surface area contributed by atoms with Gasteiger partial charge in [0.1, 0.15) is 11.2 Å². The first kappa shape index (κ1) is 26.3. The molecule has 0 atom stereocenters. The van der Waals surface area contributed by atoms with Gasteiger partial charge < -0.3 is 9.32 Å². The summed E-state index contributed by atoms with van der Waals surface area (Å²) in [7, 11) is 0. The quantitative estimate of drug-likeness (QED) is 0.199. The normalized spacial score (nSPS) is 11.5. The lowest BCUT2D eigenvalue weighted by molar-refractivity contribution is 0.669. The number of hydrogen-bond acceptors (Lipinski definition) is 2. The largest absolute Gasteiger partial charge is 0.456 e. The fourth-order valence-corrected chi connectivity index (χ4v) is 6.67. The maximum Gasteiger partial charge on any atom is 0.135 e. The van der Waals surface area contributed by atoms with Gasteiger partial charge in [-0.3, -0.25) is 0 Å². The summed E-state index contributed by atoms with van der Waals surface area (Å²) in [6.07, 6.45) is 0. The van der Waals surface area contributed by atoms with Gasteiger partial charge in [-0.15, -0.1) is 0 Å². The Hall–Kier alpha value is -6.12. The number of fused-ring (bicyclic) bond motifs is 5. The Balaban J connectivity index is 1.15. The molecule has 8 aromatic carbocycles. The number of furan rings is 1. The van der Waals surface area contributed by atoms with Gasteiger partial charge in [0, 0.05) is 27.8 Å². The summed E-state index contributed by atoms with van der Waals surface area (Å²) in [6, 6.07) is 62.9. The van der Waals surface area contributed by atoms with E-state index in [9.17, 15) is 0 Å². The van der Waals surface area contributed by atoms with E-state index in [1.54, 1.807) is 0 Å². The van der Waals surface area contributed by atoms with Gasteiger partial charge in [-0.05, 0) is 104 Å². The van der Waals surface area contributed by atoms with Crippen LogP contribution in [0.4, 0.5) is 17.1 Å². The first-order chi connectivity index (χ1) is 22.8. The molecular weight excluding hydrogens is 558 g/mol. The number of benzene rings is 8. The maximum absolute atomic E-state index is 6.11. The Morgan fingerprint density at radius 2 is 0.870 bits per heavy atom. The Kier molecular flexibility index (Phi) is 6.17. The molecule has 0 aliphatic heterocycles. The molecule has 9 rings (SSSR count). The van der Waals surface area contributed by atoms with Crippen LogP contribution in [0.3, 0.4) is 0 Å². The topological polar surface area (TPSA) is 16.4 Å². The van der Waals surface area contributed by atoms with E-state index in [-0.39, 0.29) is 0 Å². The minimum absolute atomic E-state index is 0.908. The molecule has 0 amide bonds. The Morgan fingerprint density at radius 3 is 1.70 bits per heavy atom. The van der Waals surface area contributed by atoms with Gasteiger partial charge in [-0.2, -0.15) is 0 Å². The SMILES string of the molecule is c1cc(-c2ccc3oc4ccccc4c3c2)cc(N(c2ccc(-c3ccc4ccccc4c3)cc2)c2ccc3ccccc3c2)c1. The third-order valence-electron chi connectivity index (χ3n) is 9.01. The van der Waals surface area contributed by atoms with Crippen molar-refractivity contribution in [3.05, 3.63) is 176 Å². The van der Waals surface area contributed by atoms with Gasteiger partial charge in [0.2, 0.25) is 0 Å². The number of hydrogen-bond donors (Lipinski definition) is 0. The summed E-state index contributed by atoms with van der Waals surface area (Å²) in [6.45, 7) is 0. The molecule has 2 nitrogen and oxygen atoms in total. The minimum Gasteiger partial charge on any atom is -0.456 e. The van der Waals surface area contributed by atoms with E-state index < -0.39 is 0 Å². The van der Waals surface area contributed by atoms with E-state index in [1.807, 2.05) is 12.1 Å². The zero-order valence-corrected chi connectivity index (χ0v) is 25.1. The predicted octanol–water partition coefficient (Wildman–Crippen LogP) is 12.7. The van der Waals surface area contributed by atoms with E-state index in [4.69, 9.17) is 4.42 Å². The van der Waals surface area contributed by atoms with Crippen molar-refractivity contribution in [3.8, 4) is 22.3 Å². The van der Waals surface area contributed by atoms with Crippen LogP contribution in [0.5, 0.6) is 0 Å². The molecule has 9 aromatic rings. The van der Waals surface area contributed by atoms with Crippen molar-refractivity contribution in [1.29, 1.82) is 0 Å². The molecule has 2 heteroatoms. The van der Waals surface area contributed by atoms with Crippen LogP contribution in [0.25, 0.3) is 65.7 Å². The zero-order chi connectivity index (χ0) is 30.5. The zero-order valence-electron chi connectivity index (χ0n) is 25.1. The van der Waals surface area contributed by atoms with Crippen molar-refractivity contribution in [2.45, 2.75) is 0 Å². The van der Waals surface area contributed by atoms with Crippen LogP contribution in [-0.2, 0) is 0 Å². The van der Waals surface area contributed by atoms with Crippen molar-refractivity contribution in [2.24, 2.45) is 0 Å². The van der Waals surface area contributed by atoms with Crippen LogP contribution in [-0.4, -0.2) is 0 Å². The number of anilines is 3. The molecule has 0 bridgehead atoms.